The molecule has 8 nitrogen and oxygen atoms in total. The molecule has 3 N–H and O–H groups in total. The Labute approximate surface area is 230 Å². The molecule has 7 atom stereocenters. The van der Waals surface area contributed by atoms with Crippen molar-refractivity contribution in [1.29, 1.82) is 0 Å². The van der Waals surface area contributed by atoms with Gasteiger partial charge in [0.15, 0.2) is 0 Å². The molecule has 3 aliphatic heterocycles. The topological polar surface area (TPSA) is 108 Å². The SMILES string of the molecule is Cc1cccc(C)c1NC(=O)C1N([C@@H](CO)C(C)C)C(=O)[C@@H]2[C@H](C(=O)Nc3ccccc3)[C@@]3(C)OC12CC3C. The number of aliphatic hydroxyl groups excluding tert-OH is 1. The first kappa shape index (κ1) is 27.3. The summed E-state index contributed by atoms with van der Waals surface area (Å²) >= 11 is 0. The maximum atomic E-state index is 14.4. The number of hydrogen-bond acceptors (Lipinski definition) is 5. The molecule has 3 aliphatic rings. The number of amides is 3. The lowest BCUT2D eigenvalue weighted by Gasteiger charge is -2.38. The lowest BCUT2D eigenvalue weighted by Crippen LogP contribution is -2.57. The summed E-state index contributed by atoms with van der Waals surface area (Å²) in [6.07, 6.45) is 0.465. The Morgan fingerprint density at radius 2 is 1.69 bits per heavy atom. The highest BCUT2D eigenvalue weighted by Gasteiger charge is 2.80. The molecule has 0 aromatic heterocycles. The van der Waals surface area contributed by atoms with Crippen LogP contribution in [-0.2, 0) is 19.1 Å². The first-order chi connectivity index (χ1) is 18.5. The van der Waals surface area contributed by atoms with E-state index in [4.69, 9.17) is 4.74 Å². The summed E-state index contributed by atoms with van der Waals surface area (Å²) in [5.41, 5.74) is 1.05. The third-order valence-electron chi connectivity index (χ3n) is 9.37. The fraction of sp³-hybridized carbons (Fsp3) is 0.516. The minimum absolute atomic E-state index is 0.0739. The van der Waals surface area contributed by atoms with Crippen molar-refractivity contribution in [1.82, 2.24) is 4.90 Å². The van der Waals surface area contributed by atoms with E-state index in [9.17, 15) is 19.5 Å². The van der Waals surface area contributed by atoms with Crippen LogP contribution in [-0.4, -0.2) is 57.6 Å². The van der Waals surface area contributed by atoms with Gasteiger partial charge in [-0.3, -0.25) is 14.4 Å². The first-order valence-electron chi connectivity index (χ1n) is 13.8. The van der Waals surface area contributed by atoms with Crippen LogP contribution in [0.3, 0.4) is 0 Å². The van der Waals surface area contributed by atoms with Gasteiger partial charge in [0.1, 0.15) is 11.6 Å². The molecule has 8 heteroatoms. The Morgan fingerprint density at radius 1 is 1.05 bits per heavy atom. The standard InChI is InChI=1S/C31H39N3O5/c1-17(2)22(16-35)34-26(28(37)33-25-18(3)11-10-12-19(25)4)31-15-20(5)30(6,39-31)23(24(31)29(34)38)27(36)32-21-13-8-7-9-14-21/h7-14,17,20,22-24,26,35H,15-16H2,1-6H3,(H,32,36)(H,33,37)/t20?,22-,23+,24-,26?,30-,31?/m0/s1. The van der Waals surface area contributed by atoms with Crippen molar-refractivity contribution in [3.05, 3.63) is 59.7 Å². The number of hydrogen-bond donors (Lipinski definition) is 3. The molecule has 39 heavy (non-hydrogen) atoms. The Bertz CT molecular complexity index is 1280. The fourth-order valence-electron chi connectivity index (χ4n) is 7.30. The lowest BCUT2D eigenvalue weighted by atomic mass is 9.62. The second-order valence-electron chi connectivity index (χ2n) is 12.1. The Balaban J connectivity index is 1.60. The molecule has 1 spiro atoms. The number of para-hydroxylation sites is 2. The predicted molar refractivity (Wildman–Crippen MR) is 149 cm³/mol. The van der Waals surface area contributed by atoms with Gasteiger partial charge in [-0.15, -0.1) is 0 Å². The molecule has 3 heterocycles. The molecule has 3 fully saturated rings. The molecule has 0 saturated carbocycles. The van der Waals surface area contributed by atoms with E-state index in [1.807, 2.05) is 77.9 Å². The highest BCUT2D eigenvalue weighted by atomic mass is 16.5. The normalized spacial score (nSPS) is 31.9. The van der Waals surface area contributed by atoms with Crippen LogP contribution in [0.15, 0.2) is 48.5 Å². The number of rotatable bonds is 7. The number of aryl methyl sites for hydroxylation is 2. The molecule has 3 unspecified atom stereocenters. The molecular weight excluding hydrogens is 494 g/mol. The molecular formula is C31H39N3O5. The van der Waals surface area contributed by atoms with Crippen LogP contribution in [0.1, 0.15) is 45.2 Å². The number of benzene rings is 2. The number of nitrogens with one attached hydrogen (secondary N) is 2. The van der Waals surface area contributed by atoms with E-state index in [-0.39, 0.29) is 36.2 Å². The van der Waals surface area contributed by atoms with Gasteiger partial charge >= 0.3 is 0 Å². The van der Waals surface area contributed by atoms with Gasteiger partial charge in [-0.05, 0) is 62.3 Å². The second-order valence-corrected chi connectivity index (χ2v) is 12.1. The van der Waals surface area contributed by atoms with Gasteiger partial charge in [-0.1, -0.05) is 57.2 Å². The molecule has 3 saturated heterocycles. The van der Waals surface area contributed by atoms with Crippen molar-refractivity contribution in [2.24, 2.45) is 23.7 Å². The van der Waals surface area contributed by atoms with Gasteiger partial charge in [0, 0.05) is 11.4 Å². The molecule has 2 aromatic rings. The van der Waals surface area contributed by atoms with Gasteiger partial charge in [-0.2, -0.15) is 0 Å². The van der Waals surface area contributed by atoms with Crippen LogP contribution in [0.25, 0.3) is 0 Å². The minimum Gasteiger partial charge on any atom is -0.394 e. The third-order valence-corrected chi connectivity index (χ3v) is 9.37. The van der Waals surface area contributed by atoms with E-state index >= 15 is 0 Å². The van der Waals surface area contributed by atoms with Crippen molar-refractivity contribution in [2.75, 3.05) is 17.2 Å². The van der Waals surface area contributed by atoms with Crippen LogP contribution < -0.4 is 10.6 Å². The number of likely N-dealkylation sites (tertiary alicyclic amines) is 1. The Morgan fingerprint density at radius 3 is 2.28 bits per heavy atom. The summed E-state index contributed by atoms with van der Waals surface area (Å²) in [5, 5.41) is 16.5. The van der Waals surface area contributed by atoms with Gasteiger partial charge in [-0.25, -0.2) is 0 Å². The van der Waals surface area contributed by atoms with E-state index in [1.54, 1.807) is 12.1 Å². The number of fused-ring (bicyclic) bond motifs is 1. The summed E-state index contributed by atoms with van der Waals surface area (Å²) in [6.45, 7) is 11.3. The van der Waals surface area contributed by atoms with E-state index in [1.165, 1.54) is 4.90 Å². The number of nitrogens with zero attached hydrogens (tertiary/aromatic N) is 1. The van der Waals surface area contributed by atoms with Crippen LogP contribution in [0.2, 0.25) is 0 Å². The van der Waals surface area contributed by atoms with Crippen molar-refractivity contribution in [3.8, 4) is 0 Å². The lowest BCUT2D eigenvalue weighted by molar-refractivity contribution is -0.149. The average Bonchev–Trinajstić information content (AvgIpc) is 3.39. The number of carbonyl (C=O) groups excluding carboxylic acids is 3. The molecule has 2 aromatic carbocycles. The summed E-state index contributed by atoms with van der Waals surface area (Å²) in [4.78, 5) is 44.0. The first-order valence-corrected chi connectivity index (χ1v) is 13.8. The van der Waals surface area contributed by atoms with E-state index in [0.29, 0.717) is 17.8 Å². The fourth-order valence-corrected chi connectivity index (χ4v) is 7.30. The maximum Gasteiger partial charge on any atom is 0.250 e. The van der Waals surface area contributed by atoms with Crippen LogP contribution in [0.5, 0.6) is 0 Å². The Hall–Kier alpha value is -3.23. The zero-order chi connectivity index (χ0) is 28.3. The summed E-state index contributed by atoms with van der Waals surface area (Å²) in [6, 6.07) is 13.3. The molecule has 2 bridgehead atoms. The van der Waals surface area contributed by atoms with Crippen molar-refractivity contribution in [2.45, 2.75) is 71.2 Å². The highest BCUT2D eigenvalue weighted by Crippen LogP contribution is 2.65. The van der Waals surface area contributed by atoms with Gasteiger partial charge in [0.05, 0.1) is 30.1 Å². The number of aliphatic hydroxyl groups is 1. The largest absolute Gasteiger partial charge is 0.394 e. The number of carbonyl (C=O) groups is 3. The number of anilines is 2. The third kappa shape index (κ3) is 4.07. The number of ether oxygens (including phenoxy) is 1. The quantitative estimate of drug-likeness (QED) is 0.500. The zero-order valence-electron chi connectivity index (χ0n) is 23.5. The maximum absolute atomic E-state index is 14.4. The predicted octanol–water partition coefficient (Wildman–Crippen LogP) is 3.91. The Kier molecular flexibility index (Phi) is 6.84. The highest BCUT2D eigenvalue weighted by molar-refractivity contribution is 6.05. The second kappa shape index (κ2) is 9.75. The molecule has 0 radical (unpaired) electrons. The van der Waals surface area contributed by atoms with Crippen LogP contribution in [0.4, 0.5) is 11.4 Å². The van der Waals surface area contributed by atoms with Gasteiger partial charge in [0.25, 0.3) is 0 Å². The van der Waals surface area contributed by atoms with E-state index in [2.05, 4.69) is 10.6 Å². The average molecular weight is 534 g/mol. The minimum atomic E-state index is -1.19. The van der Waals surface area contributed by atoms with Crippen molar-refractivity contribution in [3.63, 3.8) is 0 Å². The summed E-state index contributed by atoms with van der Waals surface area (Å²) < 4.78 is 6.80. The van der Waals surface area contributed by atoms with E-state index < -0.39 is 35.1 Å². The summed E-state index contributed by atoms with van der Waals surface area (Å²) in [7, 11) is 0. The molecule has 3 amide bonds. The van der Waals surface area contributed by atoms with Gasteiger partial charge in [0.2, 0.25) is 17.7 Å². The van der Waals surface area contributed by atoms with Gasteiger partial charge < -0.3 is 25.4 Å². The molecule has 0 aliphatic carbocycles. The molecule has 5 rings (SSSR count). The smallest absolute Gasteiger partial charge is 0.250 e. The van der Waals surface area contributed by atoms with Crippen LogP contribution >= 0.6 is 0 Å². The zero-order valence-corrected chi connectivity index (χ0v) is 23.5. The van der Waals surface area contributed by atoms with Crippen molar-refractivity contribution >= 4 is 29.1 Å². The molecule has 208 valence electrons. The monoisotopic (exact) mass is 533 g/mol. The van der Waals surface area contributed by atoms with Crippen LogP contribution in [0, 0.1) is 37.5 Å². The summed E-state index contributed by atoms with van der Waals surface area (Å²) in [5.74, 6) is -2.79. The van der Waals surface area contributed by atoms with E-state index in [0.717, 1.165) is 11.1 Å². The van der Waals surface area contributed by atoms with Crippen molar-refractivity contribution < 1.29 is 24.2 Å².